The molecule has 1 N–H and O–H groups in total. The monoisotopic (exact) mass is 264 g/mol. The average Bonchev–Trinajstić information content (AvgIpc) is 2.34. The van der Waals surface area contributed by atoms with Crippen molar-refractivity contribution < 1.29 is 9.53 Å². The molecule has 0 unspecified atom stereocenters. The number of rotatable bonds is 7. The van der Waals surface area contributed by atoms with Crippen LogP contribution in [0.25, 0.3) is 0 Å². The Hall–Kier alpha value is -1.55. The van der Waals surface area contributed by atoms with Crippen molar-refractivity contribution in [1.82, 2.24) is 10.2 Å². The van der Waals surface area contributed by atoms with E-state index < -0.39 is 0 Å². The van der Waals surface area contributed by atoms with Gasteiger partial charge in [0.2, 0.25) is 5.91 Å². The molecule has 0 bridgehead atoms. The Labute approximate surface area is 115 Å². The third-order valence-corrected chi connectivity index (χ3v) is 2.64. The molecule has 0 radical (unpaired) electrons. The predicted molar refractivity (Wildman–Crippen MR) is 77.5 cm³/mol. The first-order valence-corrected chi connectivity index (χ1v) is 6.65. The average molecular weight is 264 g/mol. The van der Waals surface area contributed by atoms with E-state index in [1.54, 1.807) is 19.0 Å². The van der Waals surface area contributed by atoms with E-state index in [2.05, 4.69) is 17.4 Å². The lowest BCUT2D eigenvalue weighted by Crippen LogP contribution is -2.33. The highest BCUT2D eigenvalue weighted by Crippen LogP contribution is 2.15. The van der Waals surface area contributed by atoms with Crippen LogP contribution >= 0.6 is 0 Å². The normalized spacial score (nSPS) is 10.6. The van der Waals surface area contributed by atoms with E-state index in [0.717, 1.165) is 18.7 Å². The van der Waals surface area contributed by atoms with Gasteiger partial charge < -0.3 is 15.0 Å². The molecule has 4 nitrogen and oxygen atoms in total. The maximum absolute atomic E-state index is 11.4. The van der Waals surface area contributed by atoms with Gasteiger partial charge in [-0.3, -0.25) is 4.79 Å². The summed E-state index contributed by atoms with van der Waals surface area (Å²) in [6.07, 6.45) is 1.07. The molecular weight excluding hydrogens is 240 g/mol. The largest absolute Gasteiger partial charge is 0.491 e. The van der Waals surface area contributed by atoms with E-state index in [1.165, 1.54) is 5.56 Å². The molecule has 1 aromatic carbocycles. The van der Waals surface area contributed by atoms with Gasteiger partial charge in [-0.25, -0.2) is 0 Å². The molecule has 0 atom stereocenters. The minimum absolute atomic E-state index is 0.0943. The Balaban J connectivity index is 2.35. The topological polar surface area (TPSA) is 41.6 Å². The van der Waals surface area contributed by atoms with Crippen molar-refractivity contribution in [2.24, 2.45) is 0 Å². The molecule has 0 aliphatic carbocycles. The number of carbonyl (C=O) groups is 1. The van der Waals surface area contributed by atoms with Gasteiger partial charge in [0.25, 0.3) is 0 Å². The summed E-state index contributed by atoms with van der Waals surface area (Å²) in [5.74, 6) is 0.994. The second-order valence-electron chi connectivity index (χ2n) is 5.03. The minimum Gasteiger partial charge on any atom is -0.491 e. The van der Waals surface area contributed by atoms with Crippen LogP contribution < -0.4 is 10.1 Å². The summed E-state index contributed by atoms with van der Waals surface area (Å²) in [5.41, 5.74) is 1.21. The molecule has 4 heteroatoms. The van der Waals surface area contributed by atoms with E-state index in [-0.39, 0.29) is 12.0 Å². The van der Waals surface area contributed by atoms with Crippen LogP contribution in [0.5, 0.6) is 5.75 Å². The number of carbonyl (C=O) groups excluding carboxylic acids is 1. The van der Waals surface area contributed by atoms with Gasteiger partial charge in [0.1, 0.15) is 5.75 Å². The number of amides is 1. The van der Waals surface area contributed by atoms with Crippen LogP contribution in [-0.4, -0.2) is 44.1 Å². The summed E-state index contributed by atoms with van der Waals surface area (Å²) in [6, 6.07) is 8.09. The second kappa shape index (κ2) is 7.79. The quantitative estimate of drug-likeness (QED) is 0.762. The highest BCUT2D eigenvalue weighted by atomic mass is 16.5. The lowest BCUT2D eigenvalue weighted by Gasteiger charge is -2.12. The molecule has 0 heterocycles. The third kappa shape index (κ3) is 6.25. The molecule has 0 fully saturated rings. The highest BCUT2D eigenvalue weighted by molar-refractivity contribution is 5.77. The first-order valence-electron chi connectivity index (χ1n) is 6.65. The van der Waals surface area contributed by atoms with Gasteiger partial charge in [-0.1, -0.05) is 12.1 Å². The number of ether oxygens (including phenoxy) is 1. The van der Waals surface area contributed by atoms with Gasteiger partial charge in [0, 0.05) is 14.1 Å². The molecule has 1 aromatic rings. The molecular formula is C15H24N2O2. The summed E-state index contributed by atoms with van der Waals surface area (Å²) in [5, 5.41) is 3.14. The smallest absolute Gasteiger partial charge is 0.236 e. The minimum atomic E-state index is 0.0943. The van der Waals surface area contributed by atoms with E-state index in [1.807, 2.05) is 26.0 Å². The van der Waals surface area contributed by atoms with E-state index in [0.29, 0.717) is 6.54 Å². The predicted octanol–water partition coefficient (Wildman–Crippen LogP) is 1.69. The lowest BCUT2D eigenvalue weighted by atomic mass is 10.1. The van der Waals surface area contributed by atoms with Gasteiger partial charge >= 0.3 is 0 Å². The summed E-state index contributed by atoms with van der Waals surface area (Å²) < 4.78 is 5.65. The van der Waals surface area contributed by atoms with Crippen molar-refractivity contribution in [3.8, 4) is 5.75 Å². The van der Waals surface area contributed by atoms with Crippen LogP contribution in [0.3, 0.4) is 0 Å². The van der Waals surface area contributed by atoms with Crippen LogP contribution in [-0.2, 0) is 11.2 Å². The molecule has 0 aromatic heterocycles. The summed E-state index contributed by atoms with van der Waals surface area (Å²) in [4.78, 5) is 13.0. The number of hydrogen-bond donors (Lipinski definition) is 1. The van der Waals surface area contributed by atoms with Crippen molar-refractivity contribution >= 4 is 5.91 Å². The van der Waals surface area contributed by atoms with Crippen LogP contribution in [0, 0.1) is 0 Å². The highest BCUT2D eigenvalue weighted by Gasteiger charge is 2.03. The standard InChI is InChI=1S/C15H24N2O2/c1-12(2)19-14-7-5-6-13(10-14)8-9-16-11-15(18)17(3)4/h5-7,10,12,16H,8-9,11H2,1-4H3. The Bertz CT molecular complexity index is 403. The number of benzene rings is 1. The van der Waals surface area contributed by atoms with Crippen molar-refractivity contribution in [3.63, 3.8) is 0 Å². The number of hydrogen-bond acceptors (Lipinski definition) is 3. The van der Waals surface area contributed by atoms with Gasteiger partial charge in [0.05, 0.1) is 12.6 Å². The van der Waals surface area contributed by atoms with Crippen LogP contribution in [0.1, 0.15) is 19.4 Å². The molecule has 0 saturated heterocycles. The van der Waals surface area contributed by atoms with E-state index >= 15 is 0 Å². The van der Waals surface area contributed by atoms with E-state index in [4.69, 9.17) is 4.74 Å². The van der Waals surface area contributed by atoms with Gasteiger partial charge in [-0.15, -0.1) is 0 Å². The molecule has 0 spiro atoms. The summed E-state index contributed by atoms with van der Waals surface area (Å²) in [6.45, 7) is 5.20. The zero-order valence-corrected chi connectivity index (χ0v) is 12.3. The lowest BCUT2D eigenvalue weighted by molar-refractivity contribution is -0.127. The number of likely N-dealkylation sites (N-methyl/N-ethyl adjacent to an activating group) is 1. The Morgan fingerprint density at radius 1 is 1.37 bits per heavy atom. The first-order chi connectivity index (χ1) is 8.99. The zero-order valence-electron chi connectivity index (χ0n) is 12.3. The maximum Gasteiger partial charge on any atom is 0.236 e. The number of nitrogens with one attached hydrogen (secondary N) is 1. The SMILES string of the molecule is CC(C)Oc1cccc(CCNCC(=O)N(C)C)c1. The van der Waals surface area contributed by atoms with Crippen LogP contribution in [0.2, 0.25) is 0 Å². The van der Waals surface area contributed by atoms with Crippen LogP contribution in [0.15, 0.2) is 24.3 Å². The Kier molecular flexibility index (Phi) is 6.36. The van der Waals surface area contributed by atoms with E-state index in [9.17, 15) is 4.79 Å². The molecule has 1 rings (SSSR count). The Morgan fingerprint density at radius 3 is 2.74 bits per heavy atom. The van der Waals surface area contributed by atoms with Crippen molar-refractivity contribution in [3.05, 3.63) is 29.8 Å². The third-order valence-electron chi connectivity index (χ3n) is 2.64. The van der Waals surface area contributed by atoms with Crippen molar-refractivity contribution in [2.45, 2.75) is 26.4 Å². The van der Waals surface area contributed by atoms with Crippen LogP contribution in [0.4, 0.5) is 0 Å². The number of nitrogens with zero attached hydrogens (tertiary/aromatic N) is 1. The van der Waals surface area contributed by atoms with Crippen molar-refractivity contribution in [2.75, 3.05) is 27.2 Å². The fraction of sp³-hybridized carbons (Fsp3) is 0.533. The Morgan fingerprint density at radius 2 is 2.11 bits per heavy atom. The molecule has 0 saturated carbocycles. The molecule has 1 amide bonds. The molecule has 106 valence electrons. The van der Waals surface area contributed by atoms with Gasteiger partial charge in [0.15, 0.2) is 0 Å². The second-order valence-corrected chi connectivity index (χ2v) is 5.03. The summed E-state index contributed by atoms with van der Waals surface area (Å²) >= 11 is 0. The summed E-state index contributed by atoms with van der Waals surface area (Å²) in [7, 11) is 3.52. The van der Waals surface area contributed by atoms with Crippen molar-refractivity contribution in [1.29, 1.82) is 0 Å². The van der Waals surface area contributed by atoms with Gasteiger partial charge in [-0.2, -0.15) is 0 Å². The maximum atomic E-state index is 11.4. The zero-order chi connectivity index (χ0) is 14.3. The fourth-order valence-corrected chi connectivity index (χ4v) is 1.63. The first kappa shape index (κ1) is 15.5. The molecule has 0 aliphatic heterocycles. The molecule has 19 heavy (non-hydrogen) atoms. The fourth-order valence-electron chi connectivity index (χ4n) is 1.63. The van der Waals surface area contributed by atoms with Gasteiger partial charge in [-0.05, 0) is 44.5 Å². The molecule has 0 aliphatic rings.